The van der Waals surface area contributed by atoms with Gasteiger partial charge in [0, 0.05) is 48.1 Å². The summed E-state index contributed by atoms with van der Waals surface area (Å²) in [6.45, 7) is 5.04. The van der Waals surface area contributed by atoms with E-state index in [1.807, 2.05) is 18.2 Å². The number of aryl methyl sites for hydroxylation is 2. The van der Waals surface area contributed by atoms with Crippen molar-refractivity contribution in [3.8, 4) is 11.4 Å². The molecule has 0 unspecified atom stereocenters. The Bertz CT molecular complexity index is 785. The Hall–Kier alpha value is -2.34. The summed E-state index contributed by atoms with van der Waals surface area (Å²) in [5.41, 5.74) is 3.15. The molecule has 0 aliphatic carbocycles. The molecule has 6 heteroatoms. The molecule has 0 fully saturated rings. The van der Waals surface area contributed by atoms with Crippen LogP contribution in [0.25, 0.3) is 11.4 Å². The van der Waals surface area contributed by atoms with Gasteiger partial charge in [0.15, 0.2) is 5.82 Å². The molecular weight excluding hydrogens is 318 g/mol. The van der Waals surface area contributed by atoms with Crippen molar-refractivity contribution in [2.45, 2.75) is 33.1 Å². The van der Waals surface area contributed by atoms with Crippen molar-refractivity contribution in [3.63, 3.8) is 0 Å². The molecule has 3 aromatic heterocycles. The van der Waals surface area contributed by atoms with Crippen molar-refractivity contribution in [2.24, 2.45) is 0 Å². The topological polar surface area (TPSA) is 63.6 Å². The lowest BCUT2D eigenvalue weighted by atomic mass is 10.2. The van der Waals surface area contributed by atoms with Gasteiger partial charge in [0.05, 0.1) is 10.7 Å². The van der Waals surface area contributed by atoms with Crippen molar-refractivity contribution < 1.29 is 0 Å². The van der Waals surface area contributed by atoms with Gasteiger partial charge in [0.25, 0.3) is 0 Å². The maximum Gasteiger partial charge on any atom is 0.161 e. The number of anilines is 1. The second-order valence-electron chi connectivity index (χ2n) is 5.42. The predicted molar refractivity (Wildman–Crippen MR) is 98.3 cm³/mol. The van der Waals surface area contributed by atoms with Gasteiger partial charge in [-0.15, -0.1) is 11.3 Å². The molecule has 0 saturated carbocycles. The minimum atomic E-state index is 0.737. The maximum atomic E-state index is 4.64. The second-order valence-corrected chi connectivity index (χ2v) is 6.36. The summed E-state index contributed by atoms with van der Waals surface area (Å²) in [4.78, 5) is 17.9. The summed E-state index contributed by atoms with van der Waals surface area (Å²) in [6.07, 6.45) is 6.29. The number of hydrogen-bond acceptors (Lipinski definition) is 6. The zero-order valence-electron chi connectivity index (χ0n) is 14.0. The molecule has 0 radical (unpaired) electrons. The van der Waals surface area contributed by atoms with Crippen molar-refractivity contribution in [2.75, 3.05) is 11.9 Å². The number of nitrogens with zero attached hydrogens (tertiary/aromatic N) is 4. The monoisotopic (exact) mass is 339 g/mol. The third-order valence-corrected chi connectivity index (χ3v) is 4.71. The van der Waals surface area contributed by atoms with Gasteiger partial charge in [0.1, 0.15) is 5.82 Å². The van der Waals surface area contributed by atoms with E-state index in [0.717, 1.165) is 54.4 Å². The van der Waals surface area contributed by atoms with Crippen molar-refractivity contribution in [1.82, 2.24) is 19.9 Å². The first-order valence-electron chi connectivity index (χ1n) is 8.24. The van der Waals surface area contributed by atoms with Crippen LogP contribution >= 0.6 is 11.3 Å². The fraction of sp³-hybridized carbons (Fsp3) is 0.333. The molecule has 0 aromatic carbocycles. The van der Waals surface area contributed by atoms with Gasteiger partial charge in [-0.3, -0.25) is 4.98 Å². The van der Waals surface area contributed by atoms with Gasteiger partial charge >= 0.3 is 0 Å². The van der Waals surface area contributed by atoms with E-state index in [1.54, 1.807) is 23.7 Å². The zero-order chi connectivity index (χ0) is 16.8. The van der Waals surface area contributed by atoms with Crippen LogP contribution in [0.4, 0.5) is 5.82 Å². The first-order valence-corrected chi connectivity index (χ1v) is 9.12. The minimum Gasteiger partial charge on any atom is -0.370 e. The summed E-state index contributed by atoms with van der Waals surface area (Å²) < 4.78 is 0. The van der Waals surface area contributed by atoms with Crippen LogP contribution in [-0.2, 0) is 19.3 Å². The Balaban J connectivity index is 1.70. The predicted octanol–water partition coefficient (Wildman–Crippen LogP) is 3.77. The van der Waals surface area contributed by atoms with Crippen LogP contribution in [0.3, 0.4) is 0 Å². The molecule has 0 amide bonds. The standard InChI is InChI=1S/C18H21N5S/c1-3-14-11-16(20-10-7-15-12-24-17(4-2)21-15)23-18(22-14)13-5-8-19-9-6-13/h5-6,8-9,11-12H,3-4,7,10H2,1-2H3,(H,20,22,23). The van der Waals surface area contributed by atoms with E-state index in [9.17, 15) is 0 Å². The molecule has 24 heavy (non-hydrogen) atoms. The Morgan fingerprint density at radius 1 is 1.00 bits per heavy atom. The van der Waals surface area contributed by atoms with Gasteiger partial charge in [0.2, 0.25) is 0 Å². The quantitative estimate of drug-likeness (QED) is 0.710. The largest absolute Gasteiger partial charge is 0.370 e. The molecule has 0 spiro atoms. The van der Waals surface area contributed by atoms with Crippen molar-refractivity contribution in [3.05, 3.63) is 52.4 Å². The third-order valence-electron chi connectivity index (χ3n) is 3.67. The lowest BCUT2D eigenvalue weighted by Gasteiger charge is -2.09. The van der Waals surface area contributed by atoms with Crippen molar-refractivity contribution in [1.29, 1.82) is 0 Å². The average Bonchev–Trinajstić information content (AvgIpc) is 3.10. The first-order chi connectivity index (χ1) is 11.8. The summed E-state index contributed by atoms with van der Waals surface area (Å²) >= 11 is 1.73. The van der Waals surface area contributed by atoms with Gasteiger partial charge in [-0.05, 0) is 25.0 Å². The van der Waals surface area contributed by atoms with Crippen LogP contribution in [0.2, 0.25) is 0 Å². The number of hydrogen-bond donors (Lipinski definition) is 1. The Labute approximate surface area is 146 Å². The van der Waals surface area contributed by atoms with Crippen LogP contribution in [0, 0.1) is 0 Å². The molecule has 0 saturated heterocycles. The van der Waals surface area contributed by atoms with E-state index in [1.165, 1.54) is 5.01 Å². The average molecular weight is 339 g/mol. The number of aromatic nitrogens is 4. The van der Waals surface area contributed by atoms with Crippen LogP contribution in [0.5, 0.6) is 0 Å². The second kappa shape index (κ2) is 7.97. The van der Waals surface area contributed by atoms with Gasteiger partial charge in [-0.1, -0.05) is 13.8 Å². The van der Waals surface area contributed by atoms with E-state index in [2.05, 4.69) is 44.5 Å². The van der Waals surface area contributed by atoms with E-state index >= 15 is 0 Å². The fourth-order valence-corrected chi connectivity index (χ4v) is 3.12. The number of rotatable bonds is 7. The molecule has 0 aliphatic rings. The molecule has 0 aliphatic heterocycles. The highest BCUT2D eigenvalue weighted by Gasteiger charge is 2.06. The summed E-state index contributed by atoms with van der Waals surface area (Å²) in [7, 11) is 0. The highest BCUT2D eigenvalue weighted by molar-refractivity contribution is 7.09. The fourth-order valence-electron chi connectivity index (χ4n) is 2.34. The molecule has 3 heterocycles. The maximum absolute atomic E-state index is 4.64. The number of thiazole rings is 1. The van der Waals surface area contributed by atoms with Crippen LogP contribution in [0.15, 0.2) is 36.0 Å². The summed E-state index contributed by atoms with van der Waals surface area (Å²) in [5, 5.41) is 6.74. The first kappa shape index (κ1) is 16.5. The van der Waals surface area contributed by atoms with E-state index in [0.29, 0.717) is 0 Å². The minimum absolute atomic E-state index is 0.737. The SMILES string of the molecule is CCc1cc(NCCc2csc(CC)n2)nc(-c2ccncc2)n1. The molecule has 1 N–H and O–H groups in total. The third kappa shape index (κ3) is 4.14. The van der Waals surface area contributed by atoms with E-state index in [-0.39, 0.29) is 0 Å². The molecule has 5 nitrogen and oxygen atoms in total. The Morgan fingerprint density at radius 3 is 2.54 bits per heavy atom. The molecule has 3 rings (SSSR count). The smallest absolute Gasteiger partial charge is 0.161 e. The highest BCUT2D eigenvalue weighted by Crippen LogP contribution is 2.18. The molecule has 0 atom stereocenters. The molecule has 124 valence electrons. The Morgan fingerprint density at radius 2 is 1.83 bits per heavy atom. The molecule has 3 aromatic rings. The molecular formula is C18H21N5S. The Kier molecular flexibility index (Phi) is 5.48. The van der Waals surface area contributed by atoms with Gasteiger partial charge in [-0.25, -0.2) is 15.0 Å². The van der Waals surface area contributed by atoms with Crippen LogP contribution in [0.1, 0.15) is 30.2 Å². The van der Waals surface area contributed by atoms with Crippen LogP contribution < -0.4 is 5.32 Å². The van der Waals surface area contributed by atoms with Crippen molar-refractivity contribution >= 4 is 17.2 Å². The number of nitrogens with one attached hydrogen (secondary N) is 1. The lowest BCUT2D eigenvalue weighted by molar-refractivity contribution is 0.936. The molecule has 0 bridgehead atoms. The van der Waals surface area contributed by atoms with Gasteiger partial charge in [-0.2, -0.15) is 0 Å². The highest BCUT2D eigenvalue weighted by atomic mass is 32.1. The lowest BCUT2D eigenvalue weighted by Crippen LogP contribution is -2.08. The van der Waals surface area contributed by atoms with E-state index < -0.39 is 0 Å². The summed E-state index contributed by atoms with van der Waals surface area (Å²) in [6, 6.07) is 5.88. The number of pyridine rings is 1. The summed E-state index contributed by atoms with van der Waals surface area (Å²) in [5.74, 6) is 1.60. The zero-order valence-corrected chi connectivity index (χ0v) is 14.8. The van der Waals surface area contributed by atoms with Gasteiger partial charge < -0.3 is 5.32 Å². The normalized spacial score (nSPS) is 10.8. The van der Waals surface area contributed by atoms with Crippen LogP contribution in [-0.4, -0.2) is 26.5 Å². The van der Waals surface area contributed by atoms with E-state index in [4.69, 9.17) is 0 Å².